The molecule has 0 radical (unpaired) electrons. The van der Waals surface area contributed by atoms with Crippen molar-refractivity contribution in [3.05, 3.63) is 51.2 Å². The van der Waals surface area contributed by atoms with Crippen molar-refractivity contribution in [2.24, 2.45) is 0 Å². The van der Waals surface area contributed by atoms with Crippen molar-refractivity contribution in [1.29, 1.82) is 0 Å². The first-order chi connectivity index (χ1) is 11.0. The number of aromatic nitrogens is 1. The fraction of sp³-hybridized carbons (Fsp3) is 0.500. The van der Waals surface area contributed by atoms with Crippen LogP contribution in [-0.4, -0.2) is 9.91 Å². The number of nitrogens with zero attached hydrogens (tertiary/aromatic N) is 1. The zero-order chi connectivity index (χ0) is 18.3. The van der Waals surface area contributed by atoms with E-state index in [0.717, 1.165) is 23.2 Å². The topological polar surface area (TPSA) is 58.9 Å². The molecule has 0 bridgehead atoms. The molecule has 0 unspecified atom stereocenters. The lowest BCUT2D eigenvalue weighted by Crippen LogP contribution is -2.14. The molecule has 4 nitrogen and oxygen atoms in total. The van der Waals surface area contributed by atoms with Gasteiger partial charge in [0.15, 0.2) is 0 Å². The Bertz CT molecular complexity index is 759. The van der Waals surface area contributed by atoms with Crippen LogP contribution in [0.1, 0.15) is 65.3 Å². The Kier molecular flexibility index (Phi) is 4.62. The minimum atomic E-state index is -0.288. The Morgan fingerprint density at radius 3 is 2.17 bits per heavy atom. The number of nitro groups is 1. The van der Waals surface area contributed by atoms with Crippen molar-refractivity contribution < 1.29 is 4.92 Å². The van der Waals surface area contributed by atoms with E-state index in [1.807, 2.05) is 39.8 Å². The molecule has 0 amide bonds. The summed E-state index contributed by atoms with van der Waals surface area (Å²) in [7, 11) is 0. The Hall–Kier alpha value is -2.10. The van der Waals surface area contributed by atoms with E-state index in [4.69, 9.17) is 0 Å². The van der Waals surface area contributed by atoms with Crippen molar-refractivity contribution in [2.45, 2.75) is 65.7 Å². The number of aromatic amines is 1. The first-order valence-electron chi connectivity index (χ1n) is 8.47. The third-order valence-corrected chi connectivity index (χ3v) is 4.35. The summed E-state index contributed by atoms with van der Waals surface area (Å²) in [4.78, 5) is 15.0. The number of H-pyrrole nitrogens is 1. The quantitative estimate of drug-likeness (QED) is 0.576. The van der Waals surface area contributed by atoms with Gasteiger partial charge in [0.1, 0.15) is 5.69 Å². The maximum Gasteiger partial charge on any atom is 0.298 e. The number of hydrogen-bond donors (Lipinski definition) is 1. The summed E-state index contributed by atoms with van der Waals surface area (Å²) >= 11 is 0. The highest BCUT2D eigenvalue weighted by Crippen LogP contribution is 2.42. The zero-order valence-electron chi connectivity index (χ0n) is 15.8. The third kappa shape index (κ3) is 3.37. The van der Waals surface area contributed by atoms with E-state index in [2.05, 4.69) is 37.9 Å². The predicted molar refractivity (Wildman–Crippen MR) is 99.7 cm³/mol. The molecule has 1 aromatic carbocycles. The van der Waals surface area contributed by atoms with Crippen LogP contribution in [0.25, 0.3) is 11.3 Å². The van der Waals surface area contributed by atoms with Crippen LogP contribution in [0.3, 0.4) is 0 Å². The van der Waals surface area contributed by atoms with Crippen molar-refractivity contribution in [3.8, 4) is 11.3 Å². The highest BCUT2D eigenvalue weighted by molar-refractivity contribution is 5.75. The smallest absolute Gasteiger partial charge is 0.298 e. The highest BCUT2D eigenvalue weighted by Gasteiger charge is 2.34. The van der Waals surface area contributed by atoms with Crippen LogP contribution in [0.4, 0.5) is 5.69 Å². The van der Waals surface area contributed by atoms with Crippen LogP contribution >= 0.6 is 0 Å². The second kappa shape index (κ2) is 6.08. The minimum absolute atomic E-state index is 0.00216. The van der Waals surface area contributed by atoms with Crippen LogP contribution in [-0.2, 0) is 17.3 Å². The Morgan fingerprint density at radius 1 is 1.08 bits per heavy atom. The van der Waals surface area contributed by atoms with Crippen LogP contribution in [0.2, 0.25) is 0 Å². The molecule has 0 saturated heterocycles. The van der Waals surface area contributed by atoms with Gasteiger partial charge in [-0.3, -0.25) is 10.1 Å². The summed E-state index contributed by atoms with van der Waals surface area (Å²) in [5.74, 6) is 0. The number of benzene rings is 1. The molecular formula is C20H28N2O2. The summed E-state index contributed by atoms with van der Waals surface area (Å²) in [6.45, 7) is 14.5. The first-order valence-corrected chi connectivity index (χ1v) is 8.47. The molecule has 0 saturated carbocycles. The Labute approximate surface area is 144 Å². The average Bonchev–Trinajstić information content (AvgIpc) is 2.86. The molecule has 2 aromatic rings. The van der Waals surface area contributed by atoms with E-state index in [1.165, 1.54) is 5.56 Å². The summed E-state index contributed by atoms with van der Waals surface area (Å²) in [5.41, 5.74) is 4.34. The van der Waals surface area contributed by atoms with Crippen LogP contribution < -0.4 is 0 Å². The molecule has 1 heterocycles. The maximum atomic E-state index is 11.9. The van der Waals surface area contributed by atoms with Gasteiger partial charge in [-0.05, 0) is 28.9 Å². The third-order valence-electron chi connectivity index (χ3n) is 4.35. The SMILES string of the molecule is CCc1[nH]c(-c2cccc(C(C)(C)C)c2)c([N+](=O)[O-])c1C(C)(C)C. The van der Waals surface area contributed by atoms with Gasteiger partial charge in [-0.25, -0.2) is 0 Å². The van der Waals surface area contributed by atoms with Crippen LogP contribution in [0.5, 0.6) is 0 Å². The Morgan fingerprint density at radius 2 is 1.71 bits per heavy atom. The van der Waals surface area contributed by atoms with Gasteiger partial charge in [-0.15, -0.1) is 0 Å². The first kappa shape index (κ1) is 18.2. The molecule has 130 valence electrons. The summed E-state index contributed by atoms with van der Waals surface area (Å²) < 4.78 is 0. The molecule has 0 atom stereocenters. The van der Waals surface area contributed by atoms with Crippen LogP contribution in [0.15, 0.2) is 24.3 Å². The molecule has 2 rings (SSSR count). The van der Waals surface area contributed by atoms with Gasteiger partial charge < -0.3 is 4.98 Å². The van der Waals surface area contributed by atoms with Gasteiger partial charge in [0.05, 0.1) is 10.5 Å². The minimum Gasteiger partial charge on any atom is -0.352 e. The average molecular weight is 328 g/mol. The number of aryl methyl sites for hydroxylation is 1. The van der Waals surface area contributed by atoms with E-state index in [-0.39, 0.29) is 21.4 Å². The number of nitrogens with one attached hydrogen (secondary N) is 1. The molecule has 0 aliphatic carbocycles. The van der Waals surface area contributed by atoms with E-state index >= 15 is 0 Å². The summed E-state index contributed by atoms with van der Waals surface area (Å²) in [5, 5.41) is 11.9. The predicted octanol–water partition coefficient (Wildman–Crippen LogP) is 5.75. The second-order valence-corrected chi connectivity index (χ2v) is 8.39. The van der Waals surface area contributed by atoms with E-state index in [9.17, 15) is 10.1 Å². The van der Waals surface area contributed by atoms with Gasteiger partial charge in [-0.1, -0.05) is 66.7 Å². The zero-order valence-corrected chi connectivity index (χ0v) is 15.8. The van der Waals surface area contributed by atoms with Gasteiger partial charge in [0.2, 0.25) is 0 Å². The normalized spacial score (nSPS) is 12.5. The van der Waals surface area contributed by atoms with E-state index < -0.39 is 0 Å². The van der Waals surface area contributed by atoms with Gasteiger partial charge >= 0.3 is 0 Å². The van der Waals surface area contributed by atoms with E-state index in [0.29, 0.717) is 5.69 Å². The lowest BCUT2D eigenvalue weighted by Gasteiger charge is -2.19. The van der Waals surface area contributed by atoms with Gasteiger partial charge in [0, 0.05) is 11.3 Å². The molecule has 1 N–H and O–H groups in total. The van der Waals surface area contributed by atoms with Crippen molar-refractivity contribution in [3.63, 3.8) is 0 Å². The van der Waals surface area contributed by atoms with Gasteiger partial charge in [0.25, 0.3) is 5.69 Å². The second-order valence-electron chi connectivity index (χ2n) is 8.39. The monoisotopic (exact) mass is 328 g/mol. The largest absolute Gasteiger partial charge is 0.352 e. The summed E-state index contributed by atoms with van der Waals surface area (Å²) in [6, 6.07) is 8.05. The summed E-state index contributed by atoms with van der Waals surface area (Å²) in [6.07, 6.45) is 0.742. The molecule has 0 spiro atoms. The molecule has 0 aliphatic heterocycles. The van der Waals surface area contributed by atoms with Gasteiger partial charge in [-0.2, -0.15) is 0 Å². The molecule has 24 heavy (non-hydrogen) atoms. The van der Waals surface area contributed by atoms with Crippen molar-refractivity contribution in [2.75, 3.05) is 0 Å². The lowest BCUT2D eigenvalue weighted by molar-refractivity contribution is -0.385. The van der Waals surface area contributed by atoms with Crippen molar-refractivity contribution >= 4 is 5.69 Å². The lowest BCUT2D eigenvalue weighted by atomic mass is 9.84. The molecule has 0 fully saturated rings. The number of rotatable bonds is 3. The fourth-order valence-electron chi connectivity index (χ4n) is 3.15. The number of hydrogen-bond acceptors (Lipinski definition) is 2. The highest BCUT2D eigenvalue weighted by atomic mass is 16.6. The van der Waals surface area contributed by atoms with Crippen molar-refractivity contribution in [1.82, 2.24) is 4.98 Å². The molecule has 0 aliphatic rings. The maximum absolute atomic E-state index is 11.9. The van der Waals surface area contributed by atoms with Crippen LogP contribution in [0, 0.1) is 10.1 Å². The fourth-order valence-corrected chi connectivity index (χ4v) is 3.15. The molecule has 1 aromatic heterocycles. The molecule has 4 heteroatoms. The van der Waals surface area contributed by atoms with E-state index in [1.54, 1.807) is 0 Å². The Balaban J connectivity index is 2.77. The standard InChI is InChI=1S/C20H28N2O2/c1-8-15-16(20(5,6)7)18(22(23)24)17(21-15)13-10-9-11-14(12-13)19(2,3)4/h9-12,21H,8H2,1-7H3. The molecular weight excluding hydrogens is 300 g/mol.